The van der Waals surface area contributed by atoms with Gasteiger partial charge in [0.2, 0.25) is 5.91 Å². The summed E-state index contributed by atoms with van der Waals surface area (Å²) in [5.74, 6) is -0.720. The van der Waals surface area contributed by atoms with Crippen LogP contribution < -0.4 is 5.32 Å². The van der Waals surface area contributed by atoms with Gasteiger partial charge in [-0.25, -0.2) is 9.59 Å². The number of carbonyl (C=O) groups excluding carboxylic acids is 3. The van der Waals surface area contributed by atoms with E-state index in [1.807, 2.05) is 51.1 Å². The second-order valence-corrected chi connectivity index (χ2v) is 9.73. The Bertz CT molecular complexity index is 749. The van der Waals surface area contributed by atoms with Crippen LogP contribution in [0.4, 0.5) is 4.79 Å². The molecule has 7 heteroatoms. The largest absolute Gasteiger partial charge is 0.459 e. The summed E-state index contributed by atoms with van der Waals surface area (Å²) in [4.78, 5) is 39.9. The Morgan fingerprint density at radius 1 is 1.10 bits per heavy atom. The number of esters is 1. The van der Waals surface area contributed by atoms with Crippen LogP contribution in [0.1, 0.15) is 59.9 Å². The van der Waals surface area contributed by atoms with Crippen LogP contribution in [0.3, 0.4) is 0 Å². The molecule has 1 fully saturated rings. The second kappa shape index (κ2) is 9.49. The number of nitrogens with one attached hydrogen (secondary N) is 1. The van der Waals surface area contributed by atoms with Gasteiger partial charge in [-0.05, 0) is 44.6 Å². The Morgan fingerprint density at radius 2 is 1.73 bits per heavy atom. The molecule has 0 aromatic heterocycles. The number of likely N-dealkylation sites (tertiary alicyclic amines) is 1. The van der Waals surface area contributed by atoms with Crippen molar-refractivity contribution < 1.29 is 23.9 Å². The number of hydrogen-bond acceptors (Lipinski definition) is 5. The highest BCUT2D eigenvalue weighted by Crippen LogP contribution is 2.27. The van der Waals surface area contributed by atoms with Gasteiger partial charge in [0.05, 0.1) is 0 Å². The molecule has 30 heavy (non-hydrogen) atoms. The fraction of sp³-hybridized carbons (Fsp3) is 0.609. The molecule has 0 radical (unpaired) electrons. The number of alkyl carbamates (subject to hydrolysis) is 1. The van der Waals surface area contributed by atoms with Crippen LogP contribution in [-0.2, 0) is 25.7 Å². The fourth-order valence-electron chi connectivity index (χ4n) is 3.34. The zero-order chi connectivity index (χ0) is 22.5. The number of amides is 2. The van der Waals surface area contributed by atoms with E-state index in [9.17, 15) is 14.4 Å². The van der Waals surface area contributed by atoms with Crippen molar-refractivity contribution >= 4 is 18.0 Å². The summed E-state index contributed by atoms with van der Waals surface area (Å²) >= 11 is 0. The molecule has 0 spiro atoms. The lowest BCUT2D eigenvalue weighted by atomic mass is 9.85. The Labute approximate surface area is 179 Å². The molecule has 1 N–H and O–H groups in total. The molecular formula is C23H34N2O5. The molecule has 7 nitrogen and oxygen atoms in total. The van der Waals surface area contributed by atoms with E-state index < -0.39 is 35.2 Å². The SMILES string of the molecule is CC(C)(C)OC(=O)NC(C(=O)N1CCCC1C(=O)OCc1ccccc1)C(C)(C)C. The smallest absolute Gasteiger partial charge is 0.408 e. The minimum atomic E-state index is -0.824. The van der Waals surface area contributed by atoms with Gasteiger partial charge in [0.25, 0.3) is 0 Å². The molecule has 1 aromatic carbocycles. The van der Waals surface area contributed by atoms with Gasteiger partial charge >= 0.3 is 12.1 Å². The highest BCUT2D eigenvalue weighted by Gasteiger charge is 2.43. The van der Waals surface area contributed by atoms with Crippen molar-refractivity contribution in [1.29, 1.82) is 0 Å². The Hall–Kier alpha value is -2.57. The van der Waals surface area contributed by atoms with Crippen molar-refractivity contribution in [3.05, 3.63) is 35.9 Å². The summed E-state index contributed by atoms with van der Waals surface area (Å²) in [5, 5.41) is 2.70. The van der Waals surface area contributed by atoms with Gasteiger partial charge in [0, 0.05) is 6.54 Å². The van der Waals surface area contributed by atoms with E-state index in [-0.39, 0.29) is 12.5 Å². The van der Waals surface area contributed by atoms with E-state index in [2.05, 4.69) is 5.32 Å². The van der Waals surface area contributed by atoms with Gasteiger partial charge in [-0.15, -0.1) is 0 Å². The standard InChI is InChI=1S/C23H34N2O5/c1-22(2,3)18(24-21(28)30-23(4,5)6)19(26)25-14-10-13-17(25)20(27)29-15-16-11-8-7-9-12-16/h7-9,11-12,17-18H,10,13-15H2,1-6H3,(H,24,28). The lowest BCUT2D eigenvalue weighted by Gasteiger charge is -2.35. The molecule has 1 heterocycles. The van der Waals surface area contributed by atoms with Crippen molar-refractivity contribution in [2.45, 2.75) is 78.7 Å². The third kappa shape index (κ3) is 6.75. The van der Waals surface area contributed by atoms with Crippen molar-refractivity contribution in [2.24, 2.45) is 5.41 Å². The highest BCUT2D eigenvalue weighted by atomic mass is 16.6. The molecule has 2 unspecified atom stereocenters. The predicted molar refractivity (Wildman–Crippen MR) is 114 cm³/mol. The zero-order valence-corrected chi connectivity index (χ0v) is 18.9. The van der Waals surface area contributed by atoms with Crippen molar-refractivity contribution in [3.8, 4) is 0 Å². The van der Waals surface area contributed by atoms with Crippen LogP contribution in [0.5, 0.6) is 0 Å². The molecule has 0 saturated carbocycles. The fourth-order valence-corrected chi connectivity index (χ4v) is 3.34. The maximum Gasteiger partial charge on any atom is 0.408 e. The molecule has 2 atom stereocenters. The van der Waals surface area contributed by atoms with E-state index in [0.717, 1.165) is 5.56 Å². The van der Waals surface area contributed by atoms with Crippen LogP contribution in [0.15, 0.2) is 30.3 Å². The van der Waals surface area contributed by atoms with E-state index in [1.165, 1.54) is 4.90 Å². The summed E-state index contributed by atoms with van der Waals surface area (Å²) in [6.07, 6.45) is 0.598. The zero-order valence-electron chi connectivity index (χ0n) is 18.9. The molecule has 2 amide bonds. The molecule has 1 aromatic rings. The normalized spacial score (nSPS) is 17.9. The Morgan fingerprint density at radius 3 is 2.30 bits per heavy atom. The minimum absolute atomic E-state index is 0.164. The second-order valence-electron chi connectivity index (χ2n) is 9.73. The molecule has 0 bridgehead atoms. The molecule has 0 aliphatic carbocycles. The molecule has 1 aliphatic rings. The number of ether oxygens (including phenoxy) is 2. The van der Waals surface area contributed by atoms with E-state index >= 15 is 0 Å². The molecular weight excluding hydrogens is 384 g/mol. The van der Waals surface area contributed by atoms with Crippen LogP contribution in [0.25, 0.3) is 0 Å². The first-order chi connectivity index (χ1) is 13.9. The number of rotatable bonds is 5. The quantitative estimate of drug-likeness (QED) is 0.738. The van der Waals surface area contributed by atoms with Crippen LogP contribution in [0.2, 0.25) is 0 Å². The predicted octanol–water partition coefficient (Wildman–Crippen LogP) is 3.66. The molecule has 1 aliphatic heterocycles. The topological polar surface area (TPSA) is 84.9 Å². The molecule has 2 rings (SSSR count). The van der Waals surface area contributed by atoms with Gasteiger partial charge < -0.3 is 19.7 Å². The Kier molecular flexibility index (Phi) is 7.50. The highest BCUT2D eigenvalue weighted by molar-refractivity contribution is 5.90. The maximum absolute atomic E-state index is 13.3. The number of benzene rings is 1. The Balaban J connectivity index is 2.08. The summed E-state index contributed by atoms with van der Waals surface area (Å²) in [6, 6.07) is 7.94. The van der Waals surface area contributed by atoms with E-state index in [0.29, 0.717) is 19.4 Å². The van der Waals surface area contributed by atoms with Crippen molar-refractivity contribution in [2.75, 3.05) is 6.54 Å². The van der Waals surface area contributed by atoms with Crippen molar-refractivity contribution in [1.82, 2.24) is 10.2 Å². The summed E-state index contributed by atoms with van der Waals surface area (Å²) < 4.78 is 10.8. The van der Waals surface area contributed by atoms with Crippen LogP contribution in [-0.4, -0.2) is 47.1 Å². The van der Waals surface area contributed by atoms with E-state index in [4.69, 9.17) is 9.47 Å². The van der Waals surface area contributed by atoms with E-state index in [1.54, 1.807) is 20.8 Å². The maximum atomic E-state index is 13.3. The lowest BCUT2D eigenvalue weighted by molar-refractivity contribution is -0.155. The first kappa shape index (κ1) is 23.7. The van der Waals surface area contributed by atoms with Gasteiger partial charge in [0.1, 0.15) is 24.3 Å². The number of hydrogen-bond donors (Lipinski definition) is 1. The van der Waals surface area contributed by atoms with Crippen molar-refractivity contribution in [3.63, 3.8) is 0 Å². The lowest BCUT2D eigenvalue weighted by Crippen LogP contribution is -2.57. The summed E-state index contributed by atoms with van der Waals surface area (Å²) in [7, 11) is 0. The average Bonchev–Trinajstić information content (AvgIpc) is 3.12. The van der Waals surface area contributed by atoms with Crippen LogP contribution >= 0.6 is 0 Å². The van der Waals surface area contributed by atoms with Gasteiger partial charge in [0.15, 0.2) is 0 Å². The first-order valence-electron chi connectivity index (χ1n) is 10.4. The monoisotopic (exact) mass is 418 g/mol. The third-order valence-corrected chi connectivity index (χ3v) is 4.81. The van der Waals surface area contributed by atoms with Crippen LogP contribution in [0, 0.1) is 5.41 Å². The summed E-state index contributed by atoms with van der Waals surface area (Å²) in [6.45, 7) is 11.5. The molecule has 1 saturated heterocycles. The number of carbonyl (C=O) groups is 3. The minimum Gasteiger partial charge on any atom is -0.459 e. The number of nitrogens with zero attached hydrogens (tertiary/aromatic N) is 1. The summed E-state index contributed by atoms with van der Waals surface area (Å²) in [5.41, 5.74) is -0.344. The third-order valence-electron chi connectivity index (χ3n) is 4.81. The van der Waals surface area contributed by atoms with Gasteiger partial charge in [-0.3, -0.25) is 4.79 Å². The average molecular weight is 419 g/mol. The first-order valence-corrected chi connectivity index (χ1v) is 10.4. The van der Waals surface area contributed by atoms with Gasteiger partial charge in [-0.1, -0.05) is 51.1 Å². The molecule has 166 valence electrons. The van der Waals surface area contributed by atoms with Gasteiger partial charge in [-0.2, -0.15) is 0 Å².